The minimum absolute atomic E-state index is 1.16. The second kappa shape index (κ2) is 3.94. The number of aromatic nitrogens is 1. The summed E-state index contributed by atoms with van der Waals surface area (Å²) in [5, 5.41) is 0. The van der Waals surface area contributed by atoms with Crippen molar-refractivity contribution >= 4 is 6.20 Å². The maximum Gasteiger partial charge on any atom is 0.00823 e. The van der Waals surface area contributed by atoms with E-state index in [-0.39, 0.29) is 0 Å². The first-order chi connectivity index (χ1) is 4.93. The summed E-state index contributed by atoms with van der Waals surface area (Å²) in [6.45, 7) is 2.18. The molecule has 0 fully saturated rings. The molecule has 0 aliphatic carbocycles. The van der Waals surface area contributed by atoms with E-state index in [0.29, 0.717) is 0 Å². The summed E-state index contributed by atoms with van der Waals surface area (Å²) < 4.78 is 2.05. The van der Waals surface area contributed by atoms with E-state index in [1.807, 2.05) is 24.5 Å². The zero-order valence-electron chi connectivity index (χ0n) is 6.33. The van der Waals surface area contributed by atoms with E-state index in [2.05, 4.69) is 23.8 Å². The van der Waals surface area contributed by atoms with Gasteiger partial charge in [-0.2, -0.15) is 0 Å². The summed E-state index contributed by atoms with van der Waals surface area (Å²) in [5.41, 5.74) is 0. The largest absolute Gasteiger partial charge is 0.331 e. The van der Waals surface area contributed by atoms with Gasteiger partial charge in [0.15, 0.2) is 0 Å². The third kappa shape index (κ3) is 2.09. The van der Waals surface area contributed by atoms with Gasteiger partial charge in [0.25, 0.3) is 0 Å². The fourth-order valence-electron chi connectivity index (χ4n) is 0.810. The smallest absolute Gasteiger partial charge is 0.00823 e. The molecule has 1 nitrogen and oxygen atoms in total. The van der Waals surface area contributed by atoms with Crippen molar-refractivity contribution in [1.29, 1.82) is 0 Å². The molecule has 0 unspecified atom stereocenters. The van der Waals surface area contributed by atoms with Crippen LogP contribution in [0, 0.1) is 0 Å². The second-order valence-corrected chi connectivity index (χ2v) is 2.30. The number of nitrogens with zero attached hydrogens (tertiary/aromatic N) is 1. The van der Waals surface area contributed by atoms with Gasteiger partial charge in [-0.3, -0.25) is 0 Å². The van der Waals surface area contributed by atoms with Crippen LogP contribution in [0.15, 0.2) is 30.6 Å². The molecular weight excluding hydrogens is 122 g/mol. The molecule has 54 valence electrons. The van der Waals surface area contributed by atoms with Gasteiger partial charge in [0.05, 0.1) is 0 Å². The van der Waals surface area contributed by atoms with Gasteiger partial charge in [-0.1, -0.05) is 19.4 Å². The normalized spacial score (nSPS) is 10.9. The van der Waals surface area contributed by atoms with E-state index in [9.17, 15) is 0 Å². The number of allylic oxidation sites excluding steroid dienone is 1. The van der Waals surface area contributed by atoms with Gasteiger partial charge in [0.2, 0.25) is 0 Å². The first-order valence-corrected chi connectivity index (χ1v) is 3.72. The molecule has 0 aliphatic heterocycles. The van der Waals surface area contributed by atoms with Gasteiger partial charge >= 0.3 is 0 Å². The highest BCUT2D eigenvalue weighted by molar-refractivity contribution is 5.22. The molecule has 0 bridgehead atoms. The quantitative estimate of drug-likeness (QED) is 0.600. The molecule has 10 heavy (non-hydrogen) atoms. The number of hydrogen-bond donors (Lipinski definition) is 0. The number of rotatable bonds is 3. The molecule has 0 aliphatic rings. The minimum atomic E-state index is 1.16. The maximum atomic E-state index is 2.18. The van der Waals surface area contributed by atoms with Crippen LogP contribution < -0.4 is 0 Å². The average Bonchev–Trinajstić information content (AvgIpc) is 2.41. The van der Waals surface area contributed by atoms with Gasteiger partial charge in [0, 0.05) is 18.6 Å². The summed E-state index contributed by atoms with van der Waals surface area (Å²) in [7, 11) is 0. The topological polar surface area (TPSA) is 4.93 Å². The van der Waals surface area contributed by atoms with E-state index < -0.39 is 0 Å². The summed E-state index contributed by atoms with van der Waals surface area (Å²) in [6, 6.07) is 4.05. The predicted octanol–water partition coefficient (Wildman–Crippen LogP) is 2.76. The van der Waals surface area contributed by atoms with Crippen LogP contribution in [0.3, 0.4) is 0 Å². The van der Waals surface area contributed by atoms with Crippen LogP contribution in [0.1, 0.15) is 19.8 Å². The molecule has 1 aromatic rings. The van der Waals surface area contributed by atoms with Crippen LogP contribution in [0.25, 0.3) is 6.20 Å². The minimum Gasteiger partial charge on any atom is -0.331 e. The highest BCUT2D eigenvalue weighted by Crippen LogP contribution is 1.94. The lowest BCUT2D eigenvalue weighted by molar-refractivity contribution is 0.956. The van der Waals surface area contributed by atoms with Gasteiger partial charge in [-0.25, -0.2) is 0 Å². The van der Waals surface area contributed by atoms with Crippen molar-refractivity contribution in [1.82, 2.24) is 4.57 Å². The van der Waals surface area contributed by atoms with E-state index in [4.69, 9.17) is 0 Å². The van der Waals surface area contributed by atoms with Crippen LogP contribution in [-0.4, -0.2) is 4.57 Å². The molecule has 1 heteroatoms. The van der Waals surface area contributed by atoms with Crippen molar-refractivity contribution in [3.05, 3.63) is 30.6 Å². The Morgan fingerprint density at radius 1 is 1.30 bits per heavy atom. The Balaban J connectivity index is 2.40. The number of unbranched alkanes of at least 4 members (excludes halogenated alkanes) is 1. The monoisotopic (exact) mass is 135 g/mol. The number of hydrogen-bond acceptors (Lipinski definition) is 0. The Morgan fingerprint density at radius 3 is 2.60 bits per heavy atom. The van der Waals surface area contributed by atoms with Crippen molar-refractivity contribution in [3.8, 4) is 0 Å². The first kappa shape index (κ1) is 7.13. The van der Waals surface area contributed by atoms with Crippen molar-refractivity contribution in [2.24, 2.45) is 0 Å². The molecule has 0 N–H and O–H groups in total. The molecule has 1 heterocycles. The Kier molecular flexibility index (Phi) is 2.81. The lowest BCUT2D eigenvalue weighted by atomic mass is 10.3. The van der Waals surface area contributed by atoms with Crippen LogP contribution >= 0.6 is 0 Å². The Morgan fingerprint density at radius 2 is 2.00 bits per heavy atom. The SMILES string of the molecule is CCC/C=C/n1cccc1. The summed E-state index contributed by atoms with van der Waals surface area (Å²) in [4.78, 5) is 0. The van der Waals surface area contributed by atoms with Crippen LogP contribution in [0.4, 0.5) is 0 Å². The first-order valence-electron chi connectivity index (χ1n) is 3.72. The van der Waals surface area contributed by atoms with Crippen LogP contribution in [-0.2, 0) is 0 Å². The molecule has 0 saturated heterocycles. The van der Waals surface area contributed by atoms with Crippen molar-refractivity contribution in [2.75, 3.05) is 0 Å². The zero-order chi connectivity index (χ0) is 7.23. The molecular formula is C9H13N. The third-order valence-corrected chi connectivity index (χ3v) is 1.36. The van der Waals surface area contributed by atoms with Crippen molar-refractivity contribution < 1.29 is 0 Å². The van der Waals surface area contributed by atoms with E-state index >= 15 is 0 Å². The lowest BCUT2D eigenvalue weighted by Crippen LogP contribution is -1.76. The summed E-state index contributed by atoms with van der Waals surface area (Å²) in [6.07, 6.45) is 10.7. The van der Waals surface area contributed by atoms with E-state index in [0.717, 1.165) is 6.42 Å². The molecule has 0 atom stereocenters. The average molecular weight is 135 g/mol. The Hall–Kier alpha value is -0.980. The summed E-state index contributed by atoms with van der Waals surface area (Å²) >= 11 is 0. The Bertz CT molecular complexity index is 185. The van der Waals surface area contributed by atoms with E-state index in [1.54, 1.807) is 0 Å². The predicted molar refractivity (Wildman–Crippen MR) is 44.7 cm³/mol. The van der Waals surface area contributed by atoms with Crippen LogP contribution in [0.5, 0.6) is 0 Å². The molecule has 0 amide bonds. The molecule has 1 aromatic heterocycles. The lowest BCUT2D eigenvalue weighted by Gasteiger charge is -1.89. The molecule has 0 saturated carbocycles. The standard InChI is InChI=1S/C9H13N/c1-2-3-4-7-10-8-5-6-9-10/h4-9H,2-3H2,1H3/b7-4+. The van der Waals surface area contributed by atoms with Gasteiger partial charge < -0.3 is 4.57 Å². The Labute approximate surface area is 62.0 Å². The van der Waals surface area contributed by atoms with Gasteiger partial charge in [0.1, 0.15) is 0 Å². The fraction of sp³-hybridized carbons (Fsp3) is 0.333. The highest BCUT2D eigenvalue weighted by Gasteiger charge is 1.77. The van der Waals surface area contributed by atoms with Crippen LogP contribution in [0.2, 0.25) is 0 Å². The summed E-state index contributed by atoms with van der Waals surface area (Å²) in [5.74, 6) is 0. The molecule has 1 rings (SSSR count). The van der Waals surface area contributed by atoms with Gasteiger partial charge in [-0.15, -0.1) is 0 Å². The van der Waals surface area contributed by atoms with Gasteiger partial charge in [-0.05, 0) is 18.6 Å². The fourth-order valence-corrected chi connectivity index (χ4v) is 0.810. The molecule has 0 aromatic carbocycles. The van der Waals surface area contributed by atoms with E-state index in [1.165, 1.54) is 6.42 Å². The highest BCUT2D eigenvalue weighted by atomic mass is 14.9. The molecule has 0 spiro atoms. The second-order valence-electron chi connectivity index (χ2n) is 2.30. The maximum absolute atomic E-state index is 2.18. The third-order valence-electron chi connectivity index (χ3n) is 1.36. The zero-order valence-corrected chi connectivity index (χ0v) is 6.33. The molecule has 0 radical (unpaired) electrons. The van der Waals surface area contributed by atoms with Crippen molar-refractivity contribution in [3.63, 3.8) is 0 Å². The van der Waals surface area contributed by atoms with Crippen molar-refractivity contribution in [2.45, 2.75) is 19.8 Å².